The first-order valence-electron chi connectivity index (χ1n) is 4.78. The number of hydrogen-bond acceptors (Lipinski definition) is 1. The van der Waals surface area contributed by atoms with Crippen molar-refractivity contribution < 1.29 is 4.79 Å². The molecule has 14 heavy (non-hydrogen) atoms. The van der Waals surface area contributed by atoms with Crippen LogP contribution in [0.15, 0.2) is 22.7 Å². The molecule has 0 heterocycles. The van der Waals surface area contributed by atoms with Crippen LogP contribution in [-0.4, -0.2) is 5.78 Å². The number of hydrogen-bond donors (Lipinski definition) is 0. The molecule has 0 fully saturated rings. The van der Waals surface area contributed by atoms with Gasteiger partial charge in [-0.05, 0) is 24.1 Å². The zero-order valence-electron chi connectivity index (χ0n) is 8.80. The molecule has 1 rings (SSSR count). The summed E-state index contributed by atoms with van der Waals surface area (Å²) in [5.41, 5.74) is 2.28. The zero-order valence-corrected chi connectivity index (χ0v) is 10.4. The molecule has 0 aliphatic carbocycles. The SMILES string of the molecule is Cc1ccc(CC(=O)C(C)C)cc1Br. The second-order valence-electron chi connectivity index (χ2n) is 3.88. The average molecular weight is 255 g/mol. The maximum atomic E-state index is 11.5. The molecule has 2 heteroatoms. The van der Waals surface area contributed by atoms with Gasteiger partial charge in [0.15, 0.2) is 0 Å². The molecule has 0 radical (unpaired) electrons. The van der Waals surface area contributed by atoms with Crippen molar-refractivity contribution >= 4 is 21.7 Å². The second kappa shape index (κ2) is 4.74. The van der Waals surface area contributed by atoms with Gasteiger partial charge in [-0.25, -0.2) is 0 Å². The minimum atomic E-state index is 0.120. The maximum Gasteiger partial charge on any atom is 0.139 e. The van der Waals surface area contributed by atoms with Gasteiger partial charge in [-0.2, -0.15) is 0 Å². The lowest BCUT2D eigenvalue weighted by Crippen LogP contribution is -2.10. The number of ketones is 1. The lowest BCUT2D eigenvalue weighted by atomic mass is 10.0. The topological polar surface area (TPSA) is 17.1 Å². The highest BCUT2D eigenvalue weighted by atomic mass is 79.9. The lowest BCUT2D eigenvalue weighted by Gasteiger charge is -2.05. The van der Waals surface area contributed by atoms with Gasteiger partial charge in [-0.1, -0.05) is 41.9 Å². The van der Waals surface area contributed by atoms with Crippen LogP contribution < -0.4 is 0 Å². The summed E-state index contributed by atoms with van der Waals surface area (Å²) in [6.07, 6.45) is 0.538. The van der Waals surface area contributed by atoms with Gasteiger partial charge in [0.1, 0.15) is 5.78 Å². The van der Waals surface area contributed by atoms with E-state index in [0.29, 0.717) is 12.2 Å². The predicted molar refractivity (Wildman–Crippen MR) is 62.4 cm³/mol. The molecule has 0 unspecified atom stereocenters. The predicted octanol–water partition coefficient (Wildman–Crippen LogP) is 3.53. The zero-order chi connectivity index (χ0) is 10.7. The van der Waals surface area contributed by atoms with Crippen molar-refractivity contribution in [2.75, 3.05) is 0 Å². The van der Waals surface area contributed by atoms with Crippen molar-refractivity contribution in [3.63, 3.8) is 0 Å². The second-order valence-corrected chi connectivity index (χ2v) is 4.74. The number of Topliss-reactive ketones (excluding diaryl/α,β-unsaturated/α-hetero) is 1. The van der Waals surface area contributed by atoms with Crippen LogP contribution >= 0.6 is 15.9 Å². The Balaban J connectivity index is 2.78. The first-order chi connectivity index (χ1) is 6.50. The molecule has 0 N–H and O–H groups in total. The molecule has 0 spiro atoms. The molecule has 0 aliphatic heterocycles. The van der Waals surface area contributed by atoms with E-state index in [1.165, 1.54) is 5.56 Å². The van der Waals surface area contributed by atoms with Crippen molar-refractivity contribution in [2.45, 2.75) is 27.2 Å². The molecule has 0 aliphatic rings. The van der Waals surface area contributed by atoms with Crippen LogP contribution in [0.5, 0.6) is 0 Å². The Kier molecular flexibility index (Phi) is 3.87. The summed E-state index contributed by atoms with van der Waals surface area (Å²) in [6, 6.07) is 6.07. The lowest BCUT2D eigenvalue weighted by molar-refractivity contribution is -0.121. The Hall–Kier alpha value is -0.630. The van der Waals surface area contributed by atoms with E-state index in [1.807, 2.05) is 39.0 Å². The summed E-state index contributed by atoms with van der Waals surface area (Å²) in [5.74, 6) is 0.413. The third-order valence-electron chi connectivity index (χ3n) is 2.26. The van der Waals surface area contributed by atoms with Crippen LogP contribution in [0.25, 0.3) is 0 Å². The summed E-state index contributed by atoms with van der Waals surface area (Å²) in [6.45, 7) is 5.91. The van der Waals surface area contributed by atoms with E-state index in [9.17, 15) is 4.79 Å². The Morgan fingerprint density at radius 1 is 1.43 bits per heavy atom. The van der Waals surface area contributed by atoms with E-state index in [2.05, 4.69) is 15.9 Å². The number of aryl methyl sites for hydroxylation is 1. The Morgan fingerprint density at radius 2 is 2.07 bits per heavy atom. The van der Waals surface area contributed by atoms with Gasteiger partial charge in [-0.3, -0.25) is 4.79 Å². The van der Waals surface area contributed by atoms with Crippen LogP contribution in [-0.2, 0) is 11.2 Å². The van der Waals surface area contributed by atoms with Gasteiger partial charge in [0, 0.05) is 16.8 Å². The number of carbonyl (C=O) groups excluding carboxylic acids is 1. The molecular weight excluding hydrogens is 240 g/mol. The largest absolute Gasteiger partial charge is 0.299 e. The van der Waals surface area contributed by atoms with Crippen LogP contribution in [0, 0.1) is 12.8 Å². The van der Waals surface area contributed by atoms with E-state index >= 15 is 0 Å². The minimum Gasteiger partial charge on any atom is -0.299 e. The first kappa shape index (κ1) is 11.4. The van der Waals surface area contributed by atoms with Gasteiger partial charge in [0.2, 0.25) is 0 Å². The van der Waals surface area contributed by atoms with Crippen LogP contribution in [0.1, 0.15) is 25.0 Å². The molecular formula is C12H15BrO. The molecule has 0 saturated carbocycles. The van der Waals surface area contributed by atoms with Crippen LogP contribution in [0.4, 0.5) is 0 Å². The van der Waals surface area contributed by atoms with Gasteiger partial charge in [0.25, 0.3) is 0 Å². The highest BCUT2D eigenvalue weighted by Crippen LogP contribution is 2.18. The number of halogens is 1. The highest BCUT2D eigenvalue weighted by Gasteiger charge is 2.08. The summed E-state index contributed by atoms with van der Waals surface area (Å²) in [5, 5.41) is 0. The quantitative estimate of drug-likeness (QED) is 0.807. The number of rotatable bonds is 3. The van der Waals surface area contributed by atoms with Crippen LogP contribution in [0.2, 0.25) is 0 Å². The summed E-state index contributed by atoms with van der Waals surface area (Å²) in [4.78, 5) is 11.5. The average Bonchev–Trinajstić information content (AvgIpc) is 2.11. The van der Waals surface area contributed by atoms with E-state index in [0.717, 1.165) is 10.0 Å². The van der Waals surface area contributed by atoms with Crippen molar-refractivity contribution in [3.05, 3.63) is 33.8 Å². The smallest absolute Gasteiger partial charge is 0.139 e. The molecule has 1 aromatic rings. The van der Waals surface area contributed by atoms with Crippen molar-refractivity contribution in [2.24, 2.45) is 5.92 Å². The van der Waals surface area contributed by atoms with Crippen molar-refractivity contribution in [1.82, 2.24) is 0 Å². The molecule has 0 aromatic heterocycles. The van der Waals surface area contributed by atoms with Gasteiger partial charge in [-0.15, -0.1) is 0 Å². The maximum absolute atomic E-state index is 11.5. The van der Waals surface area contributed by atoms with E-state index in [1.54, 1.807) is 0 Å². The number of carbonyl (C=O) groups is 1. The van der Waals surface area contributed by atoms with Crippen molar-refractivity contribution in [1.29, 1.82) is 0 Å². The molecule has 0 bridgehead atoms. The van der Waals surface area contributed by atoms with Gasteiger partial charge >= 0.3 is 0 Å². The van der Waals surface area contributed by atoms with Gasteiger partial charge in [0.05, 0.1) is 0 Å². The summed E-state index contributed by atoms with van der Waals surface area (Å²) in [7, 11) is 0. The fraction of sp³-hybridized carbons (Fsp3) is 0.417. The molecule has 76 valence electrons. The molecule has 0 amide bonds. The first-order valence-corrected chi connectivity index (χ1v) is 5.57. The number of benzene rings is 1. The van der Waals surface area contributed by atoms with E-state index < -0.39 is 0 Å². The fourth-order valence-corrected chi connectivity index (χ4v) is 1.58. The molecule has 1 aromatic carbocycles. The normalized spacial score (nSPS) is 10.6. The summed E-state index contributed by atoms with van der Waals surface area (Å²) >= 11 is 3.46. The van der Waals surface area contributed by atoms with Crippen LogP contribution in [0.3, 0.4) is 0 Å². The Morgan fingerprint density at radius 3 is 2.57 bits per heavy atom. The summed E-state index contributed by atoms with van der Waals surface area (Å²) < 4.78 is 1.08. The van der Waals surface area contributed by atoms with E-state index in [4.69, 9.17) is 0 Å². The third-order valence-corrected chi connectivity index (χ3v) is 3.11. The Labute approximate surface area is 93.7 Å². The highest BCUT2D eigenvalue weighted by molar-refractivity contribution is 9.10. The standard InChI is InChI=1S/C12H15BrO/c1-8(2)12(14)7-10-5-4-9(3)11(13)6-10/h4-6,8H,7H2,1-3H3. The Bertz CT molecular complexity index is 342. The van der Waals surface area contributed by atoms with E-state index in [-0.39, 0.29) is 5.92 Å². The van der Waals surface area contributed by atoms with Crippen molar-refractivity contribution in [3.8, 4) is 0 Å². The van der Waals surface area contributed by atoms with Gasteiger partial charge < -0.3 is 0 Å². The third kappa shape index (κ3) is 2.95. The fourth-order valence-electron chi connectivity index (χ4n) is 1.15. The monoisotopic (exact) mass is 254 g/mol. The minimum absolute atomic E-state index is 0.120. The molecule has 0 atom stereocenters. The molecule has 0 saturated heterocycles. The molecule has 1 nitrogen and oxygen atoms in total.